The zero-order valence-electron chi connectivity index (χ0n) is 16.6. The average molecular weight is 415 g/mol. The third-order valence-electron chi connectivity index (χ3n) is 5.18. The van der Waals surface area contributed by atoms with E-state index in [4.69, 9.17) is 9.72 Å². The van der Waals surface area contributed by atoms with Crippen LogP contribution in [0.1, 0.15) is 35.2 Å². The molecule has 0 aliphatic heterocycles. The number of carbonyl (C=O) groups is 1. The quantitative estimate of drug-likeness (QED) is 0.403. The Labute approximate surface area is 180 Å². The van der Waals surface area contributed by atoms with E-state index in [1.165, 1.54) is 17.3 Å². The number of rotatable bonds is 6. The molecule has 30 heavy (non-hydrogen) atoms. The molecule has 0 saturated carbocycles. The minimum absolute atomic E-state index is 0.127. The van der Waals surface area contributed by atoms with Crippen LogP contribution in [0.4, 0.5) is 0 Å². The lowest BCUT2D eigenvalue weighted by molar-refractivity contribution is -0.141. The lowest BCUT2D eigenvalue weighted by Crippen LogP contribution is -2.12. The van der Waals surface area contributed by atoms with Crippen molar-refractivity contribution in [1.82, 2.24) is 4.98 Å². The van der Waals surface area contributed by atoms with Crippen LogP contribution in [0.25, 0.3) is 11.1 Å². The Bertz CT molecular complexity index is 1080. The molecule has 0 N–H and O–H groups in total. The van der Waals surface area contributed by atoms with Crippen molar-refractivity contribution in [2.45, 2.75) is 37.3 Å². The number of pyridine rings is 1. The fourth-order valence-electron chi connectivity index (χ4n) is 3.76. The van der Waals surface area contributed by atoms with E-state index in [0.717, 1.165) is 48.1 Å². The van der Waals surface area contributed by atoms with Crippen LogP contribution < -0.4 is 0 Å². The second-order valence-electron chi connectivity index (χ2n) is 7.21. The van der Waals surface area contributed by atoms with Crippen LogP contribution in [-0.4, -0.2) is 16.7 Å². The monoisotopic (exact) mass is 414 g/mol. The number of fused-ring (bicyclic) bond motifs is 1. The van der Waals surface area contributed by atoms with E-state index in [9.17, 15) is 10.1 Å². The van der Waals surface area contributed by atoms with Gasteiger partial charge in [-0.1, -0.05) is 72.4 Å². The largest absolute Gasteiger partial charge is 0.460 e. The van der Waals surface area contributed by atoms with E-state index in [-0.39, 0.29) is 18.3 Å². The van der Waals surface area contributed by atoms with Gasteiger partial charge in [0.2, 0.25) is 0 Å². The number of thioether (sulfide) groups is 1. The van der Waals surface area contributed by atoms with E-state index >= 15 is 0 Å². The van der Waals surface area contributed by atoms with Crippen molar-refractivity contribution in [3.63, 3.8) is 0 Å². The maximum absolute atomic E-state index is 12.3. The predicted molar refractivity (Wildman–Crippen MR) is 118 cm³/mol. The fraction of sp³-hybridized carbons (Fsp3) is 0.240. The maximum atomic E-state index is 12.3. The first kappa shape index (κ1) is 20.2. The Morgan fingerprint density at radius 1 is 1.03 bits per heavy atom. The standard InChI is InChI=1S/C25H22N2O2S/c26-15-21-24(19-11-5-2-6-12-19)20-13-7-8-14-22(20)27-25(21)30-17-23(28)29-16-18-9-3-1-4-10-18/h1-6,9-12H,7-8,13-14,16-17H2. The second kappa shape index (κ2) is 9.60. The molecule has 150 valence electrons. The summed E-state index contributed by atoms with van der Waals surface area (Å²) in [5, 5.41) is 10.6. The smallest absolute Gasteiger partial charge is 0.316 e. The van der Waals surface area contributed by atoms with Crippen molar-refractivity contribution in [3.8, 4) is 17.2 Å². The first-order valence-corrected chi connectivity index (χ1v) is 11.1. The van der Waals surface area contributed by atoms with Gasteiger partial charge in [0.25, 0.3) is 0 Å². The van der Waals surface area contributed by atoms with Crippen molar-refractivity contribution in [3.05, 3.63) is 83.0 Å². The molecule has 2 aromatic carbocycles. The van der Waals surface area contributed by atoms with Gasteiger partial charge >= 0.3 is 5.97 Å². The summed E-state index contributed by atoms with van der Waals surface area (Å²) in [6, 6.07) is 22.0. The minimum Gasteiger partial charge on any atom is -0.460 e. The van der Waals surface area contributed by atoms with E-state index in [1.54, 1.807) is 0 Å². The number of nitrogens with zero attached hydrogens (tertiary/aromatic N) is 2. The first-order valence-electron chi connectivity index (χ1n) is 10.1. The van der Waals surface area contributed by atoms with Crippen molar-refractivity contribution in [1.29, 1.82) is 5.26 Å². The highest BCUT2D eigenvalue weighted by Crippen LogP contribution is 2.37. The summed E-state index contributed by atoms with van der Waals surface area (Å²) in [4.78, 5) is 17.1. The molecule has 0 saturated heterocycles. The molecule has 3 aromatic rings. The van der Waals surface area contributed by atoms with Crippen LogP contribution in [0.15, 0.2) is 65.7 Å². The summed E-state index contributed by atoms with van der Waals surface area (Å²) >= 11 is 1.29. The topological polar surface area (TPSA) is 63.0 Å². The van der Waals surface area contributed by atoms with Crippen LogP contribution in [-0.2, 0) is 29.0 Å². The highest BCUT2D eigenvalue weighted by atomic mass is 32.2. The van der Waals surface area contributed by atoms with Crippen molar-refractivity contribution >= 4 is 17.7 Å². The summed E-state index contributed by atoms with van der Waals surface area (Å²) in [6.45, 7) is 0.248. The number of esters is 1. The van der Waals surface area contributed by atoms with Gasteiger partial charge in [0.15, 0.2) is 0 Å². The van der Waals surface area contributed by atoms with Crippen LogP contribution in [0.2, 0.25) is 0 Å². The van der Waals surface area contributed by atoms with Crippen LogP contribution in [0, 0.1) is 11.3 Å². The van der Waals surface area contributed by atoms with Gasteiger partial charge < -0.3 is 4.74 Å². The van der Waals surface area contributed by atoms with E-state index in [2.05, 4.69) is 6.07 Å². The number of hydrogen-bond acceptors (Lipinski definition) is 5. The molecule has 4 rings (SSSR count). The van der Waals surface area contributed by atoms with Crippen LogP contribution >= 0.6 is 11.8 Å². The molecule has 0 radical (unpaired) electrons. The average Bonchev–Trinajstić information content (AvgIpc) is 2.81. The van der Waals surface area contributed by atoms with Crippen molar-refractivity contribution < 1.29 is 9.53 Å². The Morgan fingerprint density at radius 2 is 1.73 bits per heavy atom. The van der Waals surface area contributed by atoms with Crippen molar-refractivity contribution in [2.24, 2.45) is 0 Å². The molecule has 1 aliphatic rings. The summed E-state index contributed by atoms with van der Waals surface area (Å²) < 4.78 is 5.38. The van der Waals surface area contributed by atoms with E-state index in [1.807, 2.05) is 60.7 Å². The fourth-order valence-corrected chi connectivity index (χ4v) is 4.56. The number of carbonyl (C=O) groups excluding carboxylic acids is 1. The molecule has 0 bridgehead atoms. The lowest BCUT2D eigenvalue weighted by Gasteiger charge is -2.21. The Kier molecular flexibility index (Phi) is 6.46. The SMILES string of the molecule is N#Cc1c(SCC(=O)OCc2ccccc2)nc2c(c1-c1ccccc1)CCCC2. The molecule has 0 spiro atoms. The summed E-state index contributed by atoms with van der Waals surface area (Å²) in [7, 11) is 0. The first-order chi connectivity index (χ1) is 14.8. The molecule has 0 unspecified atom stereocenters. The van der Waals surface area contributed by atoms with Gasteiger partial charge in [0.1, 0.15) is 17.7 Å². The molecule has 0 amide bonds. The zero-order chi connectivity index (χ0) is 20.8. The molecule has 1 aromatic heterocycles. The number of aromatic nitrogens is 1. The highest BCUT2D eigenvalue weighted by Gasteiger charge is 2.23. The van der Waals surface area contributed by atoms with Gasteiger partial charge in [-0.25, -0.2) is 4.98 Å². The number of nitriles is 1. The molecule has 1 heterocycles. The number of benzene rings is 2. The summed E-state index contributed by atoms with van der Waals surface area (Å²) in [5.74, 6) is -0.185. The van der Waals surface area contributed by atoms with Gasteiger partial charge in [-0.15, -0.1) is 0 Å². The van der Waals surface area contributed by atoms with Gasteiger partial charge in [-0.3, -0.25) is 4.79 Å². The Morgan fingerprint density at radius 3 is 2.47 bits per heavy atom. The van der Waals surface area contributed by atoms with Gasteiger partial charge in [0.05, 0.1) is 11.3 Å². The van der Waals surface area contributed by atoms with Crippen LogP contribution in [0.3, 0.4) is 0 Å². The summed E-state index contributed by atoms with van der Waals surface area (Å²) in [6.07, 6.45) is 4.05. The lowest BCUT2D eigenvalue weighted by atomic mass is 9.87. The molecule has 1 aliphatic carbocycles. The molecule has 5 heteroatoms. The van der Waals surface area contributed by atoms with Gasteiger partial charge in [-0.2, -0.15) is 5.26 Å². The summed E-state index contributed by atoms with van der Waals surface area (Å²) in [5.41, 5.74) is 5.75. The van der Waals surface area contributed by atoms with E-state index < -0.39 is 0 Å². The maximum Gasteiger partial charge on any atom is 0.316 e. The highest BCUT2D eigenvalue weighted by molar-refractivity contribution is 7.99. The third-order valence-corrected chi connectivity index (χ3v) is 6.13. The van der Waals surface area contributed by atoms with Gasteiger partial charge in [0, 0.05) is 11.3 Å². The van der Waals surface area contributed by atoms with Crippen LogP contribution in [0.5, 0.6) is 0 Å². The number of hydrogen-bond donors (Lipinski definition) is 0. The minimum atomic E-state index is -0.312. The van der Waals surface area contributed by atoms with E-state index in [0.29, 0.717) is 10.6 Å². The molecular weight excluding hydrogens is 392 g/mol. The zero-order valence-corrected chi connectivity index (χ0v) is 17.5. The van der Waals surface area contributed by atoms with Gasteiger partial charge in [-0.05, 0) is 42.4 Å². The number of ether oxygens (including phenoxy) is 1. The Balaban J connectivity index is 1.57. The molecule has 0 atom stereocenters. The third kappa shape index (κ3) is 4.55. The predicted octanol–water partition coefficient (Wildman–Crippen LogP) is 5.33. The molecule has 0 fully saturated rings. The normalized spacial score (nSPS) is 12.6. The van der Waals surface area contributed by atoms with Crippen molar-refractivity contribution in [2.75, 3.05) is 5.75 Å². The molecular formula is C25H22N2O2S. The number of aryl methyl sites for hydroxylation is 1. The molecule has 4 nitrogen and oxygen atoms in total. The Hall–Kier alpha value is -3.10. The second-order valence-corrected chi connectivity index (χ2v) is 8.18.